The number of nitrogens with zero attached hydrogens (tertiary/aromatic N) is 1. The summed E-state index contributed by atoms with van der Waals surface area (Å²) in [5, 5.41) is 0.591. The van der Waals surface area contributed by atoms with Crippen molar-refractivity contribution in [2.45, 2.75) is 25.8 Å². The summed E-state index contributed by atoms with van der Waals surface area (Å²) in [6.45, 7) is 4.32. The van der Waals surface area contributed by atoms with E-state index in [1.807, 2.05) is 12.1 Å². The fraction of sp³-hybridized carbons (Fsp3) is 0.500. The van der Waals surface area contributed by atoms with Crippen molar-refractivity contribution in [2.24, 2.45) is 11.1 Å². The predicted molar refractivity (Wildman–Crippen MR) is 53.7 cm³/mol. The summed E-state index contributed by atoms with van der Waals surface area (Å²) in [5.41, 5.74) is 7.22. The molecule has 2 rings (SSSR count). The van der Waals surface area contributed by atoms with Gasteiger partial charge in [0.15, 0.2) is 0 Å². The van der Waals surface area contributed by atoms with Crippen molar-refractivity contribution >= 4 is 11.6 Å². The number of nitrogens with two attached hydrogens (primary N) is 1. The Balaban J connectivity index is 2.34. The SMILES string of the molecule is CC1(C)[C@@H](N)[C@@H]1c1cccnc1Cl. The van der Waals surface area contributed by atoms with Crippen LogP contribution < -0.4 is 5.73 Å². The number of rotatable bonds is 1. The third-order valence-corrected chi connectivity index (χ3v) is 3.35. The van der Waals surface area contributed by atoms with E-state index < -0.39 is 0 Å². The summed E-state index contributed by atoms with van der Waals surface area (Å²) in [7, 11) is 0. The van der Waals surface area contributed by atoms with E-state index in [-0.39, 0.29) is 11.5 Å². The van der Waals surface area contributed by atoms with Gasteiger partial charge in [0.25, 0.3) is 0 Å². The molecule has 3 heteroatoms. The first-order valence-electron chi connectivity index (χ1n) is 4.41. The molecule has 2 nitrogen and oxygen atoms in total. The topological polar surface area (TPSA) is 38.9 Å². The van der Waals surface area contributed by atoms with E-state index in [0.717, 1.165) is 5.56 Å². The van der Waals surface area contributed by atoms with Crippen molar-refractivity contribution in [2.75, 3.05) is 0 Å². The maximum atomic E-state index is 5.99. The third kappa shape index (κ3) is 1.25. The Morgan fingerprint density at radius 3 is 2.62 bits per heavy atom. The predicted octanol–water partition coefficient (Wildman–Crippen LogP) is 2.19. The molecule has 2 atom stereocenters. The third-order valence-electron chi connectivity index (χ3n) is 3.03. The first-order valence-corrected chi connectivity index (χ1v) is 4.79. The average Bonchev–Trinajstić information content (AvgIpc) is 2.54. The van der Waals surface area contributed by atoms with Gasteiger partial charge in [0.05, 0.1) is 0 Å². The minimum absolute atomic E-state index is 0.173. The van der Waals surface area contributed by atoms with Crippen LogP contribution in [-0.2, 0) is 0 Å². The van der Waals surface area contributed by atoms with Gasteiger partial charge < -0.3 is 5.73 Å². The minimum Gasteiger partial charge on any atom is -0.327 e. The van der Waals surface area contributed by atoms with E-state index in [0.29, 0.717) is 11.1 Å². The summed E-state index contributed by atoms with van der Waals surface area (Å²) < 4.78 is 0. The first-order chi connectivity index (χ1) is 6.05. The van der Waals surface area contributed by atoms with Gasteiger partial charge in [-0.15, -0.1) is 0 Å². The second kappa shape index (κ2) is 2.69. The van der Waals surface area contributed by atoms with Gasteiger partial charge in [-0.2, -0.15) is 0 Å². The first kappa shape index (κ1) is 8.97. The second-order valence-electron chi connectivity index (χ2n) is 4.21. The standard InChI is InChI=1S/C10H13ClN2/c1-10(2)7(8(10)12)6-4-3-5-13-9(6)11/h3-5,7-8H,12H2,1-2H3/t7-,8-/m0/s1. The average molecular weight is 197 g/mol. The monoisotopic (exact) mass is 196 g/mol. The van der Waals surface area contributed by atoms with Crippen LogP contribution in [0.25, 0.3) is 0 Å². The molecule has 70 valence electrons. The lowest BCUT2D eigenvalue weighted by atomic mass is 10.1. The molecule has 1 aliphatic carbocycles. The van der Waals surface area contributed by atoms with Gasteiger partial charge in [0.2, 0.25) is 0 Å². The van der Waals surface area contributed by atoms with Crippen LogP contribution >= 0.6 is 11.6 Å². The summed E-state index contributed by atoms with van der Waals surface area (Å²) in [6.07, 6.45) is 1.70. The van der Waals surface area contributed by atoms with Gasteiger partial charge in [0, 0.05) is 18.2 Å². The van der Waals surface area contributed by atoms with Gasteiger partial charge in [-0.05, 0) is 17.0 Å². The van der Waals surface area contributed by atoms with Crippen LogP contribution in [0.1, 0.15) is 25.3 Å². The zero-order valence-electron chi connectivity index (χ0n) is 7.79. The molecule has 0 aromatic carbocycles. The van der Waals surface area contributed by atoms with Gasteiger partial charge in [0.1, 0.15) is 5.15 Å². The molecule has 0 saturated heterocycles. The number of hydrogen-bond acceptors (Lipinski definition) is 2. The molecule has 2 N–H and O–H groups in total. The van der Waals surface area contributed by atoms with Gasteiger partial charge in [-0.1, -0.05) is 31.5 Å². The van der Waals surface area contributed by atoms with Crippen molar-refractivity contribution in [1.82, 2.24) is 4.98 Å². The quantitative estimate of drug-likeness (QED) is 0.700. The molecular weight excluding hydrogens is 184 g/mol. The second-order valence-corrected chi connectivity index (χ2v) is 4.57. The number of pyridine rings is 1. The number of halogens is 1. The lowest BCUT2D eigenvalue weighted by Gasteiger charge is -2.03. The van der Waals surface area contributed by atoms with Gasteiger partial charge in [-0.3, -0.25) is 0 Å². The molecule has 0 aliphatic heterocycles. The van der Waals surface area contributed by atoms with Crippen molar-refractivity contribution in [3.63, 3.8) is 0 Å². The summed E-state index contributed by atoms with van der Waals surface area (Å²) in [6, 6.07) is 4.13. The Hall–Kier alpha value is -0.600. The molecule has 1 aliphatic rings. The number of aromatic nitrogens is 1. The van der Waals surface area contributed by atoms with Crippen molar-refractivity contribution in [3.8, 4) is 0 Å². The molecule has 0 unspecified atom stereocenters. The highest BCUT2D eigenvalue weighted by Gasteiger charge is 2.56. The van der Waals surface area contributed by atoms with Crippen molar-refractivity contribution in [1.29, 1.82) is 0 Å². The maximum Gasteiger partial charge on any atom is 0.132 e. The highest BCUT2D eigenvalue weighted by atomic mass is 35.5. The molecule has 0 radical (unpaired) electrons. The van der Waals surface area contributed by atoms with Crippen LogP contribution in [0.2, 0.25) is 5.15 Å². The molecule has 1 saturated carbocycles. The van der Waals surface area contributed by atoms with Gasteiger partial charge in [-0.25, -0.2) is 4.98 Å². The van der Waals surface area contributed by atoms with Crippen LogP contribution in [0.4, 0.5) is 0 Å². The lowest BCUT2D eigenvalue weighted by molar-refractivity contribution is 0.598. The smallest absolute Gasteiger partial charge is 0.132 e. The molecule has 1 aromatic heterocycles. The van der Waals surface area contributed by atoms with Crippen LogP contribution in [0.3, 0.4) is 0 Å². The Morgan fingerprint density at radius 2 is 2.15 bits per heavy atom. The van der Waals surface area contributed by atoms with E-state index in [9.17, 15) is 0 Å². The van der Waals surface area contributed by atoms with Gasteiger partial charge >= 0.3 is 0 Å². The summed E-state index contributed by atoms with van der Waals surface area (Å²) in [5.74, 6) is 0.369. The Bertz CT molecular complexity index is 335. The highest BCUT2D eigenvalue weighted by molar-refractivity contribution is 6.30. The molecule has 1 aromatic rings. The van der Waals surface area contributed by atoms with Crippen LogP contribution in [0.5, 0.6) is 0 Å². The normalized spacial score (nSPS) is 30.2. The molecular formula is C10H13ClN2. The Labute approximate surface area is 83.1 Å². The Morgan fingerprint density at radius 1 is 1.54 bits per heavy atom. The van der Waals surface area contributed by atoms with Crippen LogP contribution in [0, 0.1) is 5.41 Å². The van der Waals surface area contributed by atoms with E-state index in [4.69, 9.17) is 17.3 Å². The zero-order chi connectivity index (χ0) is 9.64. The van der Waals surface area contributed by atoms with E-state index >= 15 is 0 Å². The molecule has 0 amide bonds. The van der Waals surface area contributed by atoms with Crippen LogP contribution in [-0.4, -0.2) is 11.0 Å². The molecule has 1 fully saturated rings. The largest absolute Gasteiger partial charge is 0.327 e. The fourth-order valence-electron chi connectivity index (χ4n) is 1.90. The molecule has 1 heterocycles. The summed E-state index contributed by atoms with van der Waals surface area (Å²) in [4.78, 5) is 4.05. The lowest BCUT2D eigenvalue weighted by Crippen LogP contribution is -2.06. The minimum atomic E-state index is 0.173. The maximum absolute atomic E-state index is 5.99. The molecule has 0 spiro atoms. The zero-order valence-corrected chi connectivity index (χ0v) is 8.55. The summed E-state index contributed by atoms with van der Waals surface area (Å²) >= 11 is 5.99. The molecule has 0 bridgehead atoms. The van der Waals surface area contributed by atoms with Crippen molar-refractivity contribution in [3.05, 3.63) is 29.0 Å². The highest BCUT2D eigenvalue weighted by Crippen LogP contribution is 2.58. The van der Waals surface area contributed by atoms with E-state index in [2.05, 4.69) is 18.8 Å². The number of hydrogen-bond donors (Lipinski definition) is 1. The van der Waals surface area contributed by atoms with E-state index in [1.165, 1.54) is 0 Å². The van der Waals surface area contributed by atoms with Crippen LogP contribution in [0.15, 0.2) is 18.3 Å². The van der Waals surface area contributed by atoms with E-state index in [1.54, 1.807) is 6.20 Å². The van der Waals surface area contributed by atoms with Crippen molar-refractivity contribution < 1.29 is 0 Å². The fourth-order valence-corrected chi connectivity index (χ4v) is 2.14. The molecule has 13 heavy (non-hydrogen) atoms. The Kier molecular flexibility index (Phi) is 1.86.